The molecule has 10 heteroatoms. The van der Waals surface area contributed by atoms with Crippen LogP contribution in [0.5, 0.6) is 0 Å². The predicted octanol–water partition coefficient (Wildman–Crippen LogP) is 2.97. The SMILES string of the molecule is C[C@H]1c2c(Cl)cc(Cl)cc2CCN1C(=O)[C@H]1CN(c2cnc3cnc(N)cn23)CCO1. The molecule has 0 saturated carbocycles. The number of morpholine rings is 1. The van der Waals surface area contributed by atoms with Gasteiger partial charge in [0.05, 0.1) is 37.8 Å². The van der Waals surface area contributed by atoms with Gasteiger partial charge in [-0.25, -0.2) is 9.97 Å². The van der Waals surface area contributed by atoms with Gasteiger partial charge in [0.2, 0.25) is 0 Å². The first-order valence-electron chi connectivity index (χ1n) is 10.2. The molecule has 0 aliphatic carbocycles. The Labute approximate surface area is 189 Å². The number of fused-ring (bicyclic) bond motifs is 2. The minimum absolute atomic E-state index is 0.0381. The number of benzene rings is 1. The number of hydrogen-bond donors (Lipinski definition) is 1. The second-order valence-electron chi connectivity index (χ2n) is 7.88. The van der Waals surface area contributed by atoms with E-state index in [2.05, 4.69) is 14.9 Å². The van der Waals surface area contributed by atoms with Gasteiger partial charge in [-0.2, -0.15) is 0 Å². The molecule has 1 aromatic carbocycles. The number of nitrogens with zero attached hydrogens (tertiary/aromatic N) is 5. The molecule has 1 fully saturated rings. The maximum absolute atomic E-state index is 13.4. The maximum Gasteiger partial charge on any atom is 0.254 e. The van der Waals surface area contributed by atoms with Crippen LogP contribution >= 0.6 is 23.2 Å². The summed E-state index contributed by atoms with van der Waals surface area (Å²) in [6.07, 6.45) is 5.27. The summed E-state index contributed by atoms with van der Waals surface area (Å²) in [5.41, 5.74) is 8.61. The Morgan fingerprint density at radius 3 is 2.90 bits per heavy atom. The number of anilines is 2. The third-order valence-corrected chi connectivity index (χ3v) is 6.56. The van der Waals surface area contributed by atoms with E-state index in [4.69, 9.17) is 33.7 Å². The fourth-order valence-corrected chi connectivity index (χ4v) is 5.21. The van der Waals surface area contributed by atoms with Crippen LogP contribution in [-0.4, -0.2) is 57.5 Å². The molecule has 2 atom stereocenters. The maximum atomic E-state index is 13.4. The molecule has 2 aliphatic rings. The van der Waals surface area contributed by atoms with Gasteiger partial charge in [-0.05, 0) is 36.6 Å². The van der Waals surface area contributed by atoms with E-state index in [-0.39, 0.29) is 11.9 Å². The van der Waals surface area contributed by atoms with E-state index in [1.807, 2.05) is 22.3 Å². The number of amides is 1. The van der Waals surface area contributed by atoms with Crippen LogP contribution in [0.3, 0.4) is 0 Å². The molecule has 3 aromatic rings. The van der Waals surface area contributed by atoms with Crippen LogP contribution in [0.25, 0.3) is 5.65 Å². The Kier molecular flexibility index (Phi) is 5.16. The second kappa shape index (κ2) is 7.85. The monoisotopic (exact) mass is 460 g/mol. The number of nitrogen functional groups attached to an aromatic ring is 1. The van der Waals surface area contributed by atoms with Crippen molar-refractivity contribution in [1.29, 1.82) is 0 Å². The van der Waals surface area contributed by atoms with Crippen molar-refractivity contribution >= 4 is 46.4 Å². The van der Waals surface area contributed by atoms with Gasteiger partial charge in [0.25, 0.3) is 5.91 Å². The highest BCUT2D eigenvalue weighted by Crippen LogP contribution is 2.37. The number of aromatic nitrogens is 3. The lowest BCUT2D eigenvalue weighted by molar-refractivity contribution is -0.147. The normalized spacial score (nSPS) is 21.4. The van der Waals surface area contributed by atoms with Crippen molar-refractivity contribution in [3.05, 3.63) is 51.9 Å². The van der Waals surface area contributed by atoms with E-state index in [0.717, 1.165) is 16.9 Å². The summed E-state index contributed by atoms with van der Waals surface area (Å²) in [6.45, 7) is 4.12. The van der Waals surface area contributed by atoms with Crippen LogP contribution in [0.2, 0.25) is 10.0 Å². The van der Waals surface area contributed by atoms with Gasteiger partial charge < -0.3 is 20.3 Å². The van der Waals surface area contributed by atoms with Crippen molar-refractivity contribution in [2.45, 2.75) is 25.5 Å². The average molecular weight is 461 g/mol. The van der Waals surface area contributed by atoms with Crippen molar-refractivity contribution in [3.63, 3.8) is 0 Å². The molecule has 31 heavy (non-hydrogen) atoms. The van der Waals surface area contributed by atoms with E-state index in [0.29, 0.717) is 54.2 Å². The van der Waals surface area contributed by atoms with Gasteiger partial charge in [0, 0.05) is 23.1 Å². The van der Waals surface area contributed by atoms with Gasteiger partial charge in [-0.1, -0.05) is 23.2 Å². The van der Waals surface area contributed by atoms with E-state index in [1.165, 1.54) is 0 Å². The molecule has 1 amide bonds. The topological polar surface area (TPSA) is 89.0 Å². The van der Waals surface area contributed by atoms with Gasteiger partial charge in [-0.3, -0.25) is 9.20 Å². The quantitative estimate of drug-likeness (QED) is 0.632. The molecule has 2 N–H and O–H groups in total. The summed E-state index contributed by atoms with van der Waals surface area (Å²) < 4.78 is 7.78. The third kappa shape index (κ3) is 3.58. The summed E-state index contributed by atoms with van der Waals surface area (Å²) in [4.78, 5) is 25.9. The zero-order chi connectivity index (χ0) is 21.7. The first-order valence-corrected chi connectivity index (χ1v) is 10.9. The molecule has 4 heterocycles. The number of halogens is 2. The summed E-state index contributed by atoms with van der Waals surface area (Å²) in [5, 5.41) is 1.21. The lowest BCUT2D eigenvalue weighted by Gasteiger charge is -2.40. The standard InChI is InChI=1S/C21H22Cl2N6O2/c1-12-20-13(6-14(22)7-15(20)23)2-3-28(12)21(30)16-10-27(4-5-31-16)19-9-26-18-8-25-17(24)11-29(18)19/h6-9,11-12,16H,2-5,10,24H2,1H3/t12-,16+/m0/s1. The van der Waals surface area contributed by atoms with Gasteiger partial charge in [0.1, 0.15) is 11.6 Å². The predicted molar refractivity (Wildman–Crippen MR) is 120 cm³/mol. The van der Waals surface area contributed by atoms with Crippen LogP contribution in [0.4, 0.5) is 11.6 Å². The van der Waals surface area contributed by atoms with Gasteiger partial charge >= 0.3 is 0 Å². The second-order valence-corrected chi connectivity index (χ2v) is 8.72. The summed E-state index contributed by atoms with van der Waals surface area (Å²) in [5.74, 6) is 1.23. The van der Waals surface area contributed by atoms with Crippen molar-refractivity contribution in [2.24, 2.45) is 0 Å². The Bertz CT molecular complexity index is 1170. The number of hydrogen-bond acceptors (Lipinski definition) is 6. The lowest BCUT2D eigenvalue weighted by atomic mass is 9.93. The highest BCUT2D eigenvalue weighted by molar-refractivity contribution is 6.35. The summed E-state index contributed by atoms with van der Waals surface area (Å²) in [7, 11) is 0. The number of imidazole rings is 1. The zero-order valence-electron chi connectivity index (χ0n) is 17.0. The Morgan fingerprint density at radius 2 is 2.06 bits per heavy atom. The molecule has 0 spiro atoms. The smallest absolute Gasteiger partial charge is 0.254 e. The van der Waals surface area contributed by atoms with E-state index >= 15 is 0 Å². The average Bonchev–Trinajstić information content (AvgIpc) is 3.16. The summed E-state index contributed by atoms with van der Waals surface area (Å²) >= 11 is 12.6. The number of nitrogens with two attached hydrogens (primary N) is 1. The molecule has 2 aliphatic heterocycles. The largest absolute Gasteiger partial charge is 0.382 e. The number of carbonyl (C=O) groups is 1. The highest BCUT2D eigenvalue weighted by Gasteiger charge is 2.36. The van der Waals surface area contributed by atoms with Crippen molar-refractivity contribution < 1.29 is 9.53 Å². The minimum Gasteiger partial charge on any atom is -0.382 e. The van der Waals surface area contributed by atoms with Gasteiger partial charge in [0.15, 0.2) is 11.8 Å². The molecular weight excluding hydrogens is 439 g/mol. The summed E-state index contributed by atoms with van der Waals surface area (Å²) in [6, 6.07) is 3.52. The molecule has 2 aromatic heterocycles. The van der Waals surface area contributed by atoms with Crippen LogP contribution < -0.4 is 10.6 Å². The molecular formula is C21H22Cl2N6O2. The van der Waals surface area contributed by atoms with Crippen LogP contribution in [0.1, 0.15) is 24.1 Å². The molecule has 0 radical (unpaired) electrons. The van der Waals surface area contributed by atoms with Gasteiger partial charge in [-0.15, -0.1) is 0 Å². The molecule has 1 saturated heterocycles. The third-order valence-electron chi connectivity index (χ3n) is 6.03. The first-order chi connectivity index (χ1) is 14.9. The van der Waals surface area contributed by atoms with Crippen LogP contribution in [0, 0.1) is 0 Å². The van der Waals surface area contributed by atoms with Crippen molar-refractivity contribution in [3.8, 4) is 0 Å². The lowest BCUT2D eigenvalue weighted by Crippen LogP contribution is -2.53. The first kappa shape index (κ1) is 20.4. The molecule has 5 rings (SSSR count). The van der Waals surface area contributed by atoms with E-state index < -0.39 is 6.10 Å². The van der Waals surface area contributed by atoms with Crippen molar-refractivity contribution in [2.75, 3.05) is 36.9 Å². The number of carbonyl (C=O) groups excluding carboxylic acids is 1. The van der Waals surface area contributed by atoms with E-state index in [9.17, 15) is 4.79 Å². The van der Waals surface area contributed by atoms with Crippen LogP contribution in [-0.2, 0) is 16.0 Å². The molecule has 162 valence electrons. The zero-order valence-corrected chi connectivity index (χ0v) is 18.5. The number of rotatable bonds is 2. The van der Waals surface area contributed by atoms with Crippen LogP contribution in [0.15, 0.2) is 30.7 Å². The molecule has 0 unspecified atom stereocenters. The Balaban J connectivity index is 1.38. The van der Waals surface area contributed by atoms with E-state index in [1.54, 1.807) is 24.7 Å². The molecule has 8 nitrogen and oxygen atoms in total. The fourth-order valence-electron chi connectivity index (χ4n) is 4.52. The number of ether oxygens (including phenoxy) is 1. The minimum atomic E-state index is -0.575. The Morgan fingerprint density at radius 1 is 1.23 bits per heavy atom. The molecule has 0 bridgehead atoms. The Hall–Kier alpha value is -2.55. The van der Waals surface area contributed by atoms with Crippen molar-refractivity contribution in [1.82, 2.24) is 19.3 Å². The fraction of sp³-hybridized carbons (Fsp3) is 0.381. The highest BCUT2D eigenvalue weighted by atomic mass is 35.5.